The van der Waals surface area contributed by atoms with Crippen molar-refractivity contribution in [3.63, 3.8) is 0 Å². The van der Waals surface area contributed by atoms with Gasteiger partial charge in [0.2, 0.25) is 5.95 Å². The average molecular weight is 514 g/mol. The zero-order valence-corrected chi connectivity index (χ0v) is 22.3. The van der Waals surface area contributed by atoms with Crippen molar-refractivity contribution in [2.45, 2.75) is 38.8 Å². The Labute approximate surface area is 222 Å². The number of hydrogen-bond donors (Lipinski definition) is 1. The number of nitrogens with one attached hydrogen (secondary N) is 1. The number of carbonyl (C=O) groups is 1. The summed E-state index contributed by atoms with van der Waals surface area (Å²) in [6.07, 6.45) is 7.39. The minimum atomic E-state index is 0.0483. The number of benzene rings is 1. The first kappa shape index (κ1) is 24.7. The van der Waals surface area contributed by atoms with Gasteiger partial charge in [-0.1, -0.05) is 12.1 Å². The Kier molecular flexibility index (Phi) is 6.67. The molecule has 0 atom stereocenters. The number of nitrogens with zero attached hydrogens (tertiary/aromatic N) is 8. The number of likely N-dealkylation sites (N-methyl/N-ethyl adjacent to an activating group) is 1. The molecular weight excluding hydrogens is 478 g/mol. The molecule has 1 aromatic carbocycles. The van der Waals surface area contributed by atoms with Gasteiger partial charge in [0.25, 0.3) is 5.91 Å². The van der Waals surface area contributed by atoms with Gasteiger partial charge in [-0.3, -0.25) is 14.4 Å². The average Bonchev–Trinajstić information content (AvgIpc) is 3.39. The van der Waals surface area contributed by atoms with Gasteiger partial charge in [-0.15, -0.1) is 0 Å². The van der Waals surface area contributed by atoms with Crippen molar-refractivity contribution < 1.29 is 4.79 Å². The van der Waals surface area contributed by atoms with Crippen LogP contribution >= 0.6 is 0 Å². The zero-order chi connectivity index (χ0) is 26.2. The maximum absolute atomic E-state index is 13.1. The van der Waals surface area contributed by atoms with Crippen LogP contribution in [0.1, 0.15) is 43.1 Å². The van der Waals surface area contributed by atoms with Crippen LogP contribution in [0.5, 0.6) is 0 Å². The summed E-state index contributed by atoms with van der Waals surface area (Å²) < 4.78 is 1.99. The van der Waals surface area contributed by atoms with Gasteiger partial charge in [0.15, 0.2) is 0 Å². The highest BCUT2D eigenvalue weighted by Crippen LogP contribution is 2.27. The third-order valence-electron chi connectivity index (χ3n) is 7.85. The van der Waals surface area contributed by atoms with E-state index in [-0.39, 0.29) is 11.9 Å². The number of amides is 1. The van der Waals surface area contributed by atoms with Gasteiger partial charge in [-0.25, -0.2) is 15.0 Å². The lowest BCUT2D eigenvalue weighted by Gasteiger charge is -2.42. The van der Waals surface area contributed by atoms with Gasteiger partial charge >= 0.3 is 0 Å². The number of fused-ring (bicyclic) bond motifs is 3. The summed E-state index contributed by atoms with van der Waals surface area (Å²) >= 11 is 0. The molecule has 2 saturated heterocycles. The number of hydrogen-bond acceptors (Lipinski definition) is 8. The van der Waals surface area contributed by atoms with E-state index in [0.29, 0.717) is 23.4 Å². The number of likely N-dealkylation sites (tertiary alicyclic amines) is 1. The van der Waals surface area contributed by atoms with Gasteiger partial charge in [0, 0.05) is 74.5 Å². The number of pyridine rings is 1. The third kappa shape index (κ3) is 4.81. The standard InChI is InChI=1S/C28H35N9O/c1-19(2)37-26-21(18-31-37)5-4-20-16-30-28(33-25(20)26)32-24-7-6-22(17-29-24)27(38)36-10-8-23(9-11-36)35-14-12-34(3)13-15-35/h4-7,16-19,23H,8-15H2,1-3H3,(H,29,30,32,33). The van der Waals surface area contributed by atoms with Gasteiger partial charge in [-0.2, -0.15) is 5.10 Å². The van der Waals surface area contributed by atoms with Gasteiger partial charge in [0.05, 0.1) is 17.3 Å². The van der Waals surface area contributed by atoms with Gasteiger partial charge in [0.1, 0.15) is 11.3 Å². The van der Waals surface area contributed by atoms with Crippen molar-refractivity contribution in [2.24, 2.45) is 0 Å². The molecule has 4 aromatic rings. The number of piperazine rings is 1. The number of rotatable bonds is 5. The lowest BCUT2D eigenvalue weighted by atomic mass is 10.0. The van der Waals surface area contributed by atoms with Crippen molar-refractivity contribution in [2.75, 3.05) is 51.6 Å². The van der Waals surface area contributed by atoms with Crippen molar-refractivity contribution in [1.82, 2.24) is 39.4 Å². The molecule has 6 rings (SSSR count). The molecule has 10 nitrogen and oxygen atoms in total. The van der Waals surface area contributed by atoms with Crippen molar-refractivity contribution in [1.29, 1.82) is 0 Å². The van der Waals surface area contributed by atoms with E-state index in [9.17, 15) is 4.79 Å². The molecule has 1 amide bonds. The molecule has 0 radical (unpaired) electrons. The van der Waals surface area contributed by atoms with E-state index in [1.807, 2.05) is 46.2 Å². The highest BCUT2D eigenvalue weighted by molar-refractivity contribution is 6.03. The summed E-state index contributed by atoms with van der Waals surface area (Å²) in [5.41, 5.74) is 2.45. The van der Waals surface area contributed by atoms with E-state index in [1.165, 1.54) is 0 Å². The first-order chi connectivity index (χ1) is 18.5. The molecule has 2 aliphatic heterocycles. The van der Waals surface area contributed by atoms with E-state index in [4.69, 9.17) is 4.98 Å². The predicted octanol–water partition coefficient (Wildman–Crippen LogP) is 3.55. The van der Waals surface area contributed by atoms with Crippen LogP contribution in [-0.2, 0) is 0 Å². The van der Waals surface area contributed by atoms with Crippen LogP contribution in [0.4, 0.5) is 11.8 Å². The van der Waals surface area contributed by atoms with Gasteiger partial charge in [-0.05, 0) is 45.9 Å². The topological polar surface area (TPSA) is 95.3 Å². The van der Waals surface area contributed by atoms with Crippen LogP contribution < -0.4 is 5.32 Å². The van der Waals surface area contributed by atoms with Crippen molar-refractivity contribution in [3.8, 4) is 0 Å². The molecule has 198 valence electrons. The second kappa shape index (κ2) is 10.3. The Morgan fingerprint density at radius 3 is 2.39 bits per heavy atom. The van der Waals surface area contributed by atoms with E-state index in [1.54, 1.807) is 6.20 Å². The fraction of sp³-hybridized carbons (Fsp3) is 0.464. The predicted molar refractivity (Wildman–Crippen MR) is 149 cm³/mol. The molecule has 1 N–H and O–H groups in total. The number of piperidine rings is 1. The van der Waals surface area contributed by atoms with Crippen molar-refractivity contribution >= 4 is 39.5 Å². The van der Waals surface area contributed by atoms with E-state index in [0.717, 1.165) is 73.9 Å². The fourth-order valence-corrected chi connectivity index (χ4v) is 5.59. The Morgan fingerprint density at radius 1 is 0.921 bits per heavy atom. The first-order valence-corrected chi connectivity index (χ1v) is 13.5. The smallest absolute Gasteiger partial charge is 0.255 e. The van der Waals surface area contributed by atoms with Gasteiger partial charge < -0.3 is 15.1 Å². The molecule has 3 aromatic heterocycles. The Balaban J connectivity index is 1.12. The first-order valence-electron chi connectivity index (χ1n) is 13.5. The molecule has 38 heavy (non-hydrogen) atoms. The van der Waals surface area contributed by atoms with Crippen LogP contribution in [-0.4, -0.2) is 97.7 Å². The van der Waals surface area contributed by atoms with Crippen molar-refractivity contribution in [3.05, 3.63) is 48.4 Å². The normalized spacial score (nSPS) is 18.1. The number of aromatic nitrogens is 5. The highest BCUT2D eigenvalue weighted by atomic mass is 16.2. The Morgan fingerprint density at radius 2 is 1.68 bits per heavy atom. The second-order valence-corrected chi connectivity index (χ2v) is 10.7. The fourth-order valence-electron chi connectivity index (χ4n) is 5.59. The van der Waals surface area contributed by atoms with Crippen LogP contribution in [0, 0.1) is 0 Å². The summed E-state index contributed by atoms with van der Waals surface area (Å²) in [6, 6.07) is 8.51. The third-order valence-corrected chi connectivity index (χ3v) is 7.85. The van der Waals surface area contributed by atoms with Crippen LogP contribution in [0.3, 0.4) is 0 Å². The maximum Gasteiger partial charge on any atom is 0.255 e. The molecule has 0 bridgehead atoms. The minimum Gasteiger partial charge on any atom is -0.338 e. The lowest BCUT2D eigenvalue weighted by molar-refractivity contribution is 0.0518. The van der Waals surface area contributed by atoms with Crippen LogP contribution in [0.25, 0.3) is 21.8 Å². The summed E-state index contributed by atoms with van der Waals surface area (Å²) in [5, 5.41) is 9.73. The molecule has 5 heterocycles. The van der Waals surface area contributed by atoms with E-state index in [2.05, 4.69) is 51.1 Å². The second-order valence-electron chi connectivity index (χ2n) is 10.7. The molecule has 0 spiro atoms. The van der Waals surface area contributed by atoms with E-state index < -0.39 is 0 Å². The SMILES string of the molecule is CC(C)n1ncc2ccc3cnc(Nc4ccc(C(=O)N5CCC(N6CCN(C)CC6)CC5)cn4)nc3c21. The largest absolute Gasteiger partial charge is 0.338 e. The molecule has 2 fully saturated rings. The van der Waals surface area contributed by atoms with Crippen LogP contribution in [0.2, 0.25) is 0 Å². The lowest BCUT2D eigenvalue weighted by Crippen LogP contribution is -2.52. The molecule has 0 saturated carbocycles. The highest BCUT2D eigenvalue weighted by Gasteiger charge is 2.29. The quantitative estimate of drug-likeness (QED) is 0.433. The molecule has 2 aliphatic rings. The Bertz CT molecular complexity index is 1430. The summed E-state index contributed by atoms with van der Waals surface area (Å²) in [6.45, 7) is 10.3. The molecule has 0 aliphatic carbocycles. The number of anilines is 2. The molecule has 0 unspecified atom stereocenters. The molecule has 10 heteroatoms. The number of carbonyl (C=O) groups excluding carboxylic acids is 1. The van der Waals surface area contributed by atoms with Crippen LogP contribution in [0.15, 0.2) is 42.9 Å². The van der Waals surface area contributed by atoms with E-state index >= 15 is 0 Å². The minimum absolute atomic E-state index is 0.0483. The maximum atomic E-state index is 13.1. The zero-order valence-electron chi connectivity index (χ0n) is 22.3. The summed E-state index contributed by atoms with van der Waals surface area (Å²) in [4.78, 5) is 33.8. The molecular formula is C28H35N9O. The summed E-state index contributed by atoms with van der Waals surface area (Å²) in [7, 11) is 2.18. The summed E-state index contributed by atoms with van der Waals surface area (Å²) in [5.74, 6) is 1.10. The monoisotopic (exact) mass is 513 g/mol. The Hall–Kier alpha value is -3.63.